The molecule has 88 valence electrons. The Labute approximate surface area is 94.6 Å². The Morgan fingerprint density at radius 3 is 2.25 bits per heavy atom. The van der Waals surface area contributed by atoms with Crippen LogP contribution < -0.4 is 0 Å². The van der Waals surface area contributed by atoms with Crippen molar-refractivity contribution in [3.8, 4) is 0 Å². The highest BCUT2D eigenvalue weighted by Crippen LogP contribution is 2.62. The van der Waals surface area contributed by atoms with E-state index in [2.05, 4.69) is 0 Å². The van der Waals surface area contributed by atoms with Crippen molar-refractivity contribution in [3.05, 3.63) is 10.1 Å². The molecule has 0 spiro atoms. The molecule has 0 aliphatic heterocycles. The summed E-state index contributed by atoms with van der Waals surface area (Å²) in [5, 5.41) is 11.3. The second-order valence-corrected chi connectivity index (χ2v) is 6.28. The van der Waals surface area contributed by atoms with E-state index < -0.39 is 5.54 Å². The van der Waals surface area contributed by atoms with Gasteiger partial charge in [-0.25, -0.2) is 0 Å². The molecule has 2 atom stereocenters. The molecule has 4 rings (SSSR count). The maximum Gasteiger partial charge on any atom is 0.223 e. The Balaban J connectivity index is 2.03. The maximum absolute atomic E-state index is 11.8. The molecule has 4 fully saturated rings. The SMILES string of the molecule is CC(=O)C12CC3CC(C1)CC([N+](=O)[O-])(C3)C2. The molecular weight excluding hydrogens is 206 g/mol. The van der Waals surface area contributed by atoms with Crippen molar-refractivity contribution >= 4 is 5.78 Å². The quantitative estimate of drug-likeness (QED) is 0.532. The minimum Gasteiger partial charge on any atom is -0.299 e. The Bertz CT molecular complexity index is 330. The first-order valence-corrected chi connectivity index (χ1v) is 6.11. The topological polar surface area (TPSA) is 60.2 Å². The first-order chi connectivity index (χ1) is 7.46. The van der Waals surface area contributed by atoms with Crippen LogP contribution in [-0.2, 0) is 4.79 Å². The maximum atomic E-state index is 11.8. The van der Waals surface area contributed by atoms with Crippen LogP contribution in [0.5, 0.6) is 0 Å². The van der Waals surface area contributed by atoms with Crippen molar-refractivity contribution in [1.82, 2.24) is 0 Å². The molecule has 4 bridgehead atoms. The van der Waals surface area contributed by atoms with E-state index in [9.17, 15) is 14.9 Å². The van der Waals surface area contributed by atoms with Crippen molar-refractivity contribution in [2.75, 3.05) is 0 Å². The highest BCUT2D eigenvalue weighted by molar-refractivity contribution is 5.83. The zero-order valence-corrected chi connectivity index (χ0v) is 9.57. The van der Waals surface area contributed by atoms with Crippen LogP contribution in [-0.4, -0.2) is 16.2 Å². The highest BCUT2D eigenvalue weighted by Gasteiger charge is 2.65. The summed E-state index contributed by atoms with van der Waals surface area (Å²) in [6.45, 7) is 1.63. The fraction of sp³-hybridized carbons (Fsp3) is 0.917. The van der Waals surface area contributed by atoms with Gasteiger partial charge in [-0.1, -0.05) is 0 Å². The minimum absolute atomic E-state index is 0.0812. The molecule has 4 aliphatic carbocycles. The predicted octanol–water partition coefficient (Wildman–Crippen LogP) is 2.19. The second-order valence-electron chi connectivity index (χ2n) is 6.28. The summed E-state index contributed by atoms with van der Waals surface area (Å²) in [7, 11) is 0. The average molecular weight is 223 g/mol. The van der Waals surface area contributed by atoms with Gasteiger partial charge >= 0.3 is 0 Å². The van der Waals surface area contributed by atoms with Crippen LogP contribution in [0.25, 0.3) is 0 Å². The van der Waals surface area contributed by atoms with Crippen LogP contribution >= 0.6 is 0 Å². The van der Waals surface area contributed by atoms with Gasteiger partial charge in [0, 0.05) is 29.6 Å². The van der Waals surface area contributed by atoms with Crippen LogP contribution in [0.4, 0.5) is 0 Å². The third-order valence-electron chi connectivity index (χ3n) is 5.16. The molecule has 0 aromatic rings. The van der Waals surface area contributed by atoms with Crippen molar-refractivity contribution in [1.29, 1.82) is 0 Å². The molecule has 0 amide bonds. The molecule has 0 heterocycles. The smallest absolute Gasteiger partial charge is 0.223 e. The lowest BCUT2D eigenvalue weighted by molar-refractivity contribution is -0.590. The molecular formula is C12H17NO3. The summed E-state index contributed by atoms with van der Waals surface area (Å²) in [5.74, 6) is 1.04. The van der Waals surface area contributed by atoms with E-state index in [-0.39, 0.29) is 16.1 Å². The minimum atomic E-state index is -0.754. The van der Waals surface area contributed by atoms with E-state index in [1.54, 1.807) is 6.92 Å². The Morgan fingerprint density at radius 2 is 1.81 bits per heavy atom. The zero-order chi connectivity index (χ0) is 11.6. The lowest BCUT2D eigenvalue weighted by atomic mass is 9.46. The van der Waals surface area contributed by atoms with E-state index in [1.165, 1.54) is 0 Å². The Hall–Kier alpha value is -0.930. The molecule has 0 radical (unpaired) electrons. The molecule has 4 saturated carbocycles. The normalized spacial score (nSPS) is 49.3. The van der Waals surface area contributed by atoms with E-state index >= 15 is 0 Å². The van der Waals surface area contributed by atoms with Crippen LogP contribution in [0.1, 0.15) is 45.4 Å². The zero-order valence-electron chi connectivity index (χ0n) is 9.57. The molecule has 0 aromatic heterocycles. The van der Waals surface area contributed by atoms with Gasteiger partial charge in [0.1, 0.15) is 5.78 Å². The number of hydrogen-bond donors (Lipinski definition) is 0. The second kappa shape index (κ2) is 2.84. The van der Waals surface area contributed by atoms with Crippen LogP contribution in [0.2, 0.25) is 0 Å². The van der Waals surface area contributed by atoms with Crippen molar-refractivity contribution in [2.45, 2.75) is 51.0 Å². The molecule has 16 heavy (non-hydrogen) atoms. The summed E-state index contributed by atoms with van der Waals surface area (Å²) in [6.07, 6.45) is 4.87. The fourth-order valence-electron chi connectivity index (χ4n) is 4.84. The van der Waals surface area contributed by atoms with Crippen molar-refractivity contribution in [2.24, 2.45) is 17.3 Å². The van der Waals surface area contributed by atoms with Gasteiger partial charge in [-0.05, 0) is 38.0 Å². The molecule has 0 saturated heterocycles. The van der Waals surface area contributed by atoms with Crippen molar-refractivity contribution in [3.63, 3.8) is 0 Å². The summed E-state index contributed by atoms with van der Waals surface area (Å²) in [5.41, 5.74) is -1.09. The van der Waals surface area contributed by atoms with E-state index in [4.69, 9.17) is 0 Å². The summed E-state index contributed by atoms with van der Waals surface area (Å²) >= 11 is 0. The molecule has 4 heteroatoms. The number of carbonyl (C=O) groups is 1. The van der Waals surface area contributed by atoms with E-state index in [1.807, 2.05) is 0 Å². The van der Waals surface area contributed by atoms with Crippen LogP contribution in [0, 0.1) is 27.4 Å². The summed E-state index contributed by atoms with van der Waals surface area (Å²) in [6, 6.07) is 0. The summed E-state index contributed by atoms with van der Waals surface area (Å²) in [4.78, 5) is 23.1. The average Bonchev–Trinajstić information content (AvgIpc) is 2.14. The fourth-order valence-corrected chi connectivity index (χ4v) is 4.84. The molecule has 4 aliphatic rings. The standard InChI is InChI=1S/C12H17NO3/c1-8(14)11-3-9-2-10(4-11)6-12(5-9,7-11)13(15)16/h9-10H,2-7H2,1H3. The van der Waals surface area contributed by atoms with Gasteiger partial charge in [0.15, 0.2) is 0 Å². The highest BCUT2D eigenvalue weighted by atomic mass is 16.6. The first-order valence-electron chi connectivity index (χ1n) is 6.11. The third-order valence-corrected chi connectivity index (χ3v) is 5.16. The van der Waals surface area contributed by atoms with Gasteiger partial charge in [-0.15, -0.1) is 0 Å². The van der Waals surface area contributed by atoms with Crippen LogP contribution in [0.15, 0.2) is 0 Å². The van der Waals surface area contributed by atoms with Gasteiger partial charge in [-0.2, -0.15) is 0 Å². The molecule has 2 unspecified atom stereocenters. The Kier molecular flexibility index (Phi) is 1.82. The lowest BCUT2D eigenvalue weighted by Crippen LogP contribution is -2.60. The number of nitrogens with zero attached hydrogens (tertiary/aromatic N) is 1. The summed E-state index contributed by atoms with van der Waals surface area (Å²) < 4.78 is 0. The van der Waals surface area contributed by atoms with Gasteiger partial charge < -0.3 is 0 Å². The monoisotopic (exact) mass is 223 g/mol. The lowest BCUT2D eigenvalue weighted by Gasteiger charge is -2.56. The number of rotatable bonds is 2. The number of Topliss-reactive ketones (excluding diaryl/α,β-unsaturated/α-hetero) is 1. The number of ketones is 1. The van der Waals surface area contributed by atoms with E-state index in [0.29, 0.717) is 31.1 Å². The Morgan fingerprint density at radius 1 is 1.25 bits per heavy atom. The van der Waals surface area contributed by atoms with Gasteiger partial charge in [-0.3, -0.25) is 14.9 Å². The van der Waals surface area contributed by atoms with Crippen LogP contribution in [0.3, 0.4) is 0 Å². The molecule has 4 nitrogen and oxygen atoms in total. The predicted molar refractivity (Wildman–Crippen MR) is 57.5 cm³/mol. The van der Waals surface area contributed by atoms with Crippen molar-refractivity contribution < 1.29 is 9.72 Å². The first kappa shape index (κ1) is 10.2. The van der Waals surface area contributed by atoms with Gasteiger partial charge in [0.2, 0.25) is 5.54 Å². The van der Waals surface area contributed by atoms with Gasteiger partial charge in [0.25, 0.3) is 0 Å². The largest absolute Gasteiger partial charge is 0.299 e. The molecule has 0 N–H and O–H groups in total. The van der Waals surface area contributed by atoms with Gasteiger partial charge in [0.05, 0.1) is 0 Å². The van der Waals surface area contributed by atoms with E-state index in [0.717, 1.165) is 19.3 Å². The number of hydrogen-bond acceptors (Lipinski definition) is 3. The molecule has 0 aromatic carbocycles. The third kappa shape index (κ3) is 1.13. The number of carbonyl (C=O) groups excluding carboxylic acids is 1. The number of nitro groups is 1.